The highest BCUT2D eigenvalue weighted by atomic mass is 32.1. The maximum atomic E-state index is 11.3. The summed E-state index contributed by atoms with van der Waals surface area (Å²) in [6.45, 7) is 0. The molecule has 1 aromatic heterocycles. The number of carbonyl (C=O) groups excluding carboxylic acids is 2. The Morgan fingerprint density at radius 1 is 1.44 bits per heavy atom. The van der Waals surface area contributed by atoms with Crippen molar-refractivity contribution in [2.75, 3.05) is 5.32 Å². The molecule has 1 aliphatic rings. The monoisotopic (exact) mass is 259 g/mol. The van der Waals surface area contributed by atoms with Gasteiger partial charge < -0.3 is 11.1 Å². The van der Waals surface area contributed by atoms with Gasteiger partial charge in [0, 0.05) is 16.6 Å². The lowest BCUT2D eigenvalue weighted by molar-refractivity contribution is -0.115. The van der Waals surface area contributed by atoms with Crippen molar-refractivity contribution in [2.45, 2.75) is 6.42 Å². The molecule has 2 aromatic rings. The molecule has 0 radical (unpaired) electrons. The van der Waals surface area contributed by atoms with Gasteiger partial charge in [0.1, 0.15) is 0 Å². The van der Waals surface area contributed by atoms with Crippen molar-refractivity contribution in [3.8, 4) is 11.3 Å². The quantitative estimate of drug-likeness (QED) is 0.855. The third-order valence-corrected chi connectivity index (χ3v) is 3.60. The van der Waals surface area contributed by atoms with E-state index in [4.69, 9.17) is 5.73 Å². The number of fused-ring (bicyclic) bond motifs is 1. The first-order valence-electron chi connectivity index (χ1n) is 5.32. The van der Waals surface area contributed by atoms with E-state index in [0.29, 0.717) is 17.1 Å². The Hall–Kier alpha value is -2.21. The number of hydrogen-bond donors (Lipinski definition) is 2. The summed E-state index contributed by atoms with van der Waals surface area (Å²) in [7, 11) is 0. The number of anilines is 1. The molecule has 3 N–H and O–H groups in total. The van der Waals surface area contributed by atoms with Crippen LogP contribution in [-0.2, 0) is 11.2 Å². The fraction of sp³-hybridized carbons (Fsp3) is 0.0833. The van der Waals surface area contributed by atoms with Crippen LogP contribution in [0.4, 0.5) is 5.69 Å². The number of primary amides is 1. The van der Waals surface area contributed by atoms with E-state index in [-0.39, 0.29) is 5.91 Å². The number of benzene rings is 1. The number of thiazole rings is 1. The van der Waals surface area contributed by atoms with E-state index in [2.05, 4.69) is 10.3 Å². The van der Waals surface area contributed by atoms with Crippen LogP contribution in [-0.4, -0.2) is 16.8 Å². The van der Waals surface area contributed by atoms with Gasteiger partial charge in [0.2, 0.25) is 5.91 Å². The second-order valence-electron chi connectivity index (χ2n) is 4.00. The third-order valence-electron chi connectivity index (χ3n) is 2.74. The van der Waals surface area contributed by atoms with Crippen molar-refractivity contribution in [3.05, 3.63) is 34.2 Å². The second-order valence-corrected chi connectivity index (χ2v) is 4.86. The number of hydrogen-bond acceptors (Lipinski definition) is 4. The van der Waals surface area contributed by atoms with Gasteiger partial charge in [-0.3, -0.25) is 9.59 Å². The lowest BCUT2D eigenvalue weighted by Gasteiger charge is -2.01. The molecule has 0 spiro atoms. The first-order valence-corrected chi connectivity index (χ1v) is 6.20. The molecule has 2 amide bonds. The number of nitrogens with one attached hydrogen (secondary N) is 1. The van der Waals surface area contributed by atoms with E-state index < -0.39 is 5.91 Å². The van der Waals surface area contributed by atoms with Gasteiger partial charge in [-0.25, -0.2) is 4.98 Å². The normalized spacial score (nSPS) is 13.2. The van der Waals surface area contributed by atoms with Crippen molar-refractivity contribution >= 4 is 28.8 Å². The molecular formula is C12H9N3O2S. The molecule has 1 aliphatic heterocycles. The summed E-state index contributed by atoms with van der Waals surface area (Å²) in [4.78, 5) is 26.4. The van der Waals surface area contributed by atoms with Crippen molar-refractivity contribution in [1.82, 2.24) is 4.98 Å². The Morgan fingerprint density at radius 2 is 2.28 bits per heavy atom. The maximum absolute atomic E-state index is 11.3. The van der Waals surface area contributed by atoms with Gasteiger partial charge in [-0.15, -0.1) is 11.3 Å². The Labute approximate surface area is 107 Å². The average Bonchev–Trinajstić information content (AvgIpc) is 2.91. The van der Waals surface area contributed by atoms with E-state index in [1.54, 1.807) is 5.38 Å². The van der Waals surface area contributed by atoms with Gasteiger partial charge in [-0.2, -0.15) is 0 Å². The fourth-order valence-electron chi connectivity index (χ4n) is 1.91. The summed E-state index contributed by atoms with van der Waals surface area (Å²) in [6.07, 6.45) is 0.385. The van der Waals surface area contributed by atoms with Gasteiger partial charge in [0.05, 0.1) is 12.1 Å². The van der Waals surface area contributed by atoms with Crippen LogP contribution in [0.5, 0.6) is 0 Å². The average molecular weight is 259 g/mol. The van der Waals surface area contributed by atoms with Crippen molar-refractivity contribution in [2.24, 2.45) is 5.73 Å². The Bertz CT molecular complexity index is 663. The molecule has 0 aliphatic carbocycles. The van der Waals surface area contributed by atoms with Crippen LogP contribution in [0.3, 0.4) is 0 Å². The topological polar surface area (TPSA) is 85.1 Å². The first kappa shape index (κ1) is 10.9. The smallest absolute Gasteiger partial charge is 0.277 e. The zero-order chi connectivity index (χ0) is 12.7. The van der Waals surface area contributed by atoms with Crippen LogP contribution in [0.1, 0.15) is 15.4 Å². The fourth-order valence-corrected chi connectivity index (χ4v) is 2.59. The Kier molecular flexibility index (Phi) is 2.38. The lowest BCUT2D eigenvalue weighted by atomic mass is 10.1. The van der Waals surface area contributed by atoms with Gasteiger partial charge in [-0.1, -0.05) is 6.07 Å². The predicted molar refractivity (Wildman–Crippen MR) is 68.4 cm³/mol. The SMILES string of the molecule is NC(=O)c1nc(-c2ccc3c(c2)CC(=O)N3)cs1. The predicted octanol–water partition coefficient (Wildman–Crippen LogP) is 1.40. The summed E-state index contributed by atoms with van der Waals surface area (Å²) in [5.74, 6) is -0.525. The standard InChI is InChI=1S/C12H9N3O2S/c13-11(17)12-15-9(5-18-12)6-1-2-8-7(3-6)4-10(16)14-8/h1-3,5H,4H2,(H2,13,17)(H,14,16). The number of amides is 2. The van der Waals surface area contributed by atoms with Gasteiger partial charge in [-0.05, 0) is 17.7 Å². The third kappa shape index (κ3) is 1.76. The Balaban J connectivity index is 2.00. The number of carbonyl (C=O) groups is 2. The summed E-state index contributed by atoms with van der Waals surface area (Å²) >= 11 is 1.22. The molecule has 3 rings (SSSR count). The summed E-state index contributed by atoms with van der Waals surface area (Å²) < 4.78 is 0. The Morgan fingerprint density at radius 3 is 3.00 bits per heavy atom. The zero-order valence-corrected chi connectivity index (χ0v) is 10.1. The van der Waals surface area contributed by atoms with Gasteiger partial charge in [0.15, 0.2) is 5.01 Å². The van der Waals surface area contributed by atoms with Gasteiger partial charge in [0.25, 0.3) is 5.91 Å². The summed E-state index contributed by atoms with van der Waals surface area (Å²) in [6, 6.07) is 5.62. The van der Waals surface area contributed by atoms with Crippen molar-refractivity contribution < 1.29 is 9.59 Å². The molecular weight excluding hydrogens is 250 g/mol. The highest BCUT2D eigenvalue weighted by molar-refractivity contribution is 7.12. The molecule has 0 fully saturated rings. The van der Waals surface area contributed by atoms with Crippen LogP contribution in [0.2, 0.25) is 0 Å². The minimum atomic E-state index is -0.524. The largest absolute Gasteiger partial charge is 0.364 e. The van der Waals surface area contributed by atoms with Crippen LogP contribution in [0.25, 0.3) is 11.3 Å². The molecule has 0 unspecified atom stereocenters. The molecule has 18 heavy (non-hydrogen) atoms. The molecule has 0 saturated heterocycles. The minimum Gasteiger partial charge on any atom is -0.364 e. The molecule has 2 heterocycles. The molecule has 6 heteroatoms. The van der Waals surface area contributed by atoms with E-state index in [1.807, 2.05) is 18.2 Å². The molecule has 5 nitrogen and oxygen atoms in total. The van der Waals surface area contributed by atoms with E-state index >= 15 is 0 Å². The van der Waals surface area contributed by atoms with Crippen molar-refractivity contribution in [1.29, 1.82) is 0 Å². The molecule has 1 aromatic carbocycles. The second kappa shape index (κ2) is 3.92. The van der Waals surface area contributed by atoms with E-state index in [1.165, 1.54) is 11.3 Å². The minimum absolute atomic E-state index is 0.00162. The number of aromatic nitrogens is 1. The maximum Gasteiger partial charge on any atom is 0.277 e. The summed E-state index contributed by atoms with van der Waals surface area (Å²) in [5.41, 5.74) is 8.55. The number of rotatable bonds is 2. The van der Waals surface area contributed by atoms with E-state index in [0.717, 1.165) is 16.8 Å². The van der Waals surface area contributed by atoms with Crippen LogP contribution in [0.15, 0.2) is 23.6 Å². The molecule has 0 atom stereocenters. The van der Waals surface area contributed by atoms with Crippen molar-refractivity contribution in [3.63, 3.8) is 0 Å². The van der Waals surface area contributed by atoms with Crippen LogP contribution in [0, 0.1) is 0 Å². The van der Waals surface area contributed by atoms with Crippen LogP contribution < -0.4 is 11.1 Å². The summed E-state index contributed by atoms with van der Waals surface area (Å²) in [5, 5.41) is 4.84. The zero-order valence-electron chi connectivity index (χ0n) is 9.27. The lowest BCUT2D eigenvalue weighted by Crippen LogP contribution is -2.10. The molecule has 90 valence electrons. The molecule has 0 saturated carbocycles. The highest BCUT2D eigenvalue weighted by Crippen LogP contribution is 2.29. The highest BCUT2D eigenvalue weighted by Gasteiger charge is 2.18. The van der Waals surface area contributed by atoms with Gasteiger partial charge >= 0.3 is 0 Å². The van der Waals surface area contributed by atoms with E-state index in [9.17, 15) is 9.59 Å². The molecule has 0 bridgehead atoms. The van der Waals surface area contributed by atoms with Crippen LogP contribution >= 0.6 is 11.3 Å². The number of nitrogens with zero attached hydrogens (tertiary/aromatic N) is 1. The first-order chi connectivity index (χ1) is 8.63. The number of nitrogens with two attached hydrogens (primary N) is 1.